The van der Waals surface area contributed by atoms with Crippen molar-refractivity contribution in [3.05, 3.63) is 71.4 Å². The third-order valence-corrected chi connectivity index (χ3v) is 6.65. The number of hydrogen-bond donors (Lipinski definition) is 3. The Morgan fingerprint density at radius 2 is 1.88 bits per heavy atom. The van der Waals surface area contributed by atoms with E-state index in [1.165, 1.54) is 16.5 Å². The first-order chi connectivity index (χ1) is 16.0. The lowest BCUT2D eigenvalue weighted by molar-refractivity contribution is -0.134. The smallest absolute Gasteiger partial charge is 0.315 e. The van der Waals surface area contributed by atoms with Crippen molar-refractivity contribution in [3.63, 3.8) is 0 Å². The molecule has 1 aliphatic heterocycles. The van der Waals surface area contributed by atoms with Gasteiger partial charge in [-0.2, -0.15) is 0 Å². The number of piperidine rings is 1. The number of benzene rings is 2. The van der Waals surface area contributed by atoms with Gasteiger partial charge in [0.15, 0.2) is 0 Å². The predicted octanol–water partition coefficient (Wildman–Crippen LogP) is 4.50. The summed E-state index contributed by atoms with van der Waals surface area (Å²) in [5, 5.41) is 7.27. The molecule has 0 radical (unpaired) electrons. The third-order valence-electron chi connectivity index (χ3n) is 6.65. The highest BCUT2D eigenvalue weighted by Crippen LogP contribution is 2.24. The molecule has 4 rings (SSSR count). The van der Waals surface area contributed by atoms with Crippen molar-refractivity contribution in [2.24, 2.45) is 0 Å². The average Bonchev–Trinajstić information content (AvgIpc) is 3.22. The molecule has 1 atom stereocenters. The second kappa shape index (κ2) is 10.6. The third kappa shape index (κ3) is 5.56. The Morgan fingerprint density at radius 3 is 2.61 bits per heavy atom. The monoisotopic (exact) mass is 446 g/mol. The SMILES string of the molecule is CCC(C(=O)N1CCC(NC(=O)NCCc2c[nH]c3cc(C)ccc23)CC1)c1ccccc1. The van der Waals surface area contributed by atoms with Crippen LogP contribution in [0.3, 0.4) is 0 Å². The first kappa shape index (κ1) is 22.9. The molecule has 3 aromatic rings. The molecule has 0 aliphatic carbocycles. The zero-order chi connectivity index (χ0) is 23.2. The van der Waals surface area contributed by atoms with Crippen molar-refractivity contribution in [1.29, 1.82) is 0 Å². The fourth-order valence-corrected chi connectivity index (χ4v) is 4.76. The summed E-state index contributed by atoms with van der Waals surface area (Å²) >= 11 is 0. The number of nitrogens with zero attached hydrogens (tertiary/aromatic N) is 1. The van der Waals surface area contributed by atoms with Gasteiger partial charge in [0.2, 0.25) is 5.91 Å². The molecular weight excluding hydrogens is 412 g/mol. The van der Waals surface area contributed by atoms with E-state index in [0.29, 0.717) is 19.6 Å². The van der Waals surface area contributed by atoms with Crippen LogP contribution in [-0.2, 0) is 11.2 Å². The topological polar surface area (TPSA) is 77.2 Å². The molecule has 6 heteroatoms. The number of amides is 3. The van der Waals surface area contributed by atoms with E-state index in [9.17, 15) is 9.59 Å². The van der Waals surface area contributed by atoms with Crippen molar-refractivity contribution in [3.8, 4) is 0 Å². The molecule has 0 bridgehead atoms. The van der Waals surface area contributed by atoms with Crippen molar-refractivity contribution in [1.82, 2.24) is 20.5 Å². The van der Waals surface area contributed by atoms with Crippen LogP contribution in [0.1, 0.15) is 48.8 Å². The lowest BCUT2D eigenvalue weighted by Gasteiger charge is -2.34. The molecular formula is C27H34N4O2. The average molecular weight is 447 g/mol. The summed E-state index contributed by atoms with van der Waals surface area (Å²) in [6, 6.07) is 16.4. The van der Waals surface area contributed by atoms with Crippen LogP contribution in [0.25, 0.3) is 10.9 Å². The normalized spacial score (nSPS) is 15.4. The second-order valence-corrected chi connectivity index (χ2v) is 8.98. The van der Waals surface area contributed by atoms with Crippen molar-refractivity contribution >= 4 is 22.8 Å². The van der Waals surface area contributed by atoms with Crippen molar-refractivity contribution < 1.29 is 9.59 Å². The van der Waals surface area contributed by atoms with Gasteiger partial charge < -0.3 is 20.5 Å². The lowest BCUT2D eigenvalue weighted by atomic mass is 9.93. The van der Waals surface area contributed by atoms with E-state index in [-0.39, 0.29) is 23.9 Å². The Labute approximate surface area is 195 Å². The number of carbonyl (C=O) groups is 2. The summed E-state index contributed by atoms with van der Waals surface area (Å²) in [4.78, 5) is 30.7. The highest BCUT2D eigenvalue weighted by molar-refractivity contribution is 5.84. The van der Waals surface area contributed by atoms with Crippen LogP contribution in [-0.4, -0.2) is 47.5 Å². The van der Waals surface area contributed by atoms with Gasteiger partial charge in [-0.25, -0.2) is 4.79 Å². The molecule has 1 aromatic heterocycles. The summed E-state index contributed by atoms with van der Waals surface area (Å²) in [6.45, 7) is 6.09. The molecule has 0 saturated carbocycles. The largest absolute Gasteiger partial charge is 0.361 e. The van der Waals surface area contributed by atoms with E-state index < -0.39 is 0 Å². The van der Waals surface area contributed by atoms with Crippen LogP contribution >= 0.6 is 0 Å². The Balaban J connectivity index is 1.21. The van der Waals surface area contributed by atoms with Crippen LogP contribution in [0, 0.1) is 6.92 Å². The number of H-pyrrole nitrogens is 1. The van der Waals surface area contributed by atoms with Gasteiger partial charge in [-0.3, -0.25) is 4.79 Å². The Morgan fingerprint density at radius 1 is 1.12 bits per heavy atom. The van der Waals surface area contributed by atoms with Gasteiger partial charge in [0.25, 0.3) is 0 Å². The molecule has 2 aromatic carbocycles. The zero-order valence-corrected chi connectivity index (χ0v) is 19.6. The van der Waals surface area contributed by atoms with Gasteiger partial charge in [0.05, 0.1) is 5.92 Å². The highest BCUT2D eigenvalue weighted by atomic mass is 16.2. The van der Waals surface area contributed by atoms with Crippen LogP contribution in [0.4, 0.5) is 4.79 Å². The maximum atomic E-state index is 13.0. The molecule has 0 spiro atoms. The Hall–Kier alpha value is -3.28. The number of hydrogen-bond acceptors (Lipinski definition) is 2. The molecule has 1 saturated heterocycles. The van der Waals surface area contributed by atoms with Crippen LogP contribution in [0.15, 0.2) is 54.7 Å². The van der Waals surface area contributed by atoms with Gasteiger partial charge in [0.1, 0.15) is 0 Å². The standard InChI is InChI=1S/C27H34N4O2/c1-3-23(20-7-5-4-6-8-20)26(32)31-15-12-22(13-16-31)30-27(33)28-14-11-21-18-29-25-17-19(2)9-10-24(21)25/h4-10,17-18,22-23,29H,3,11-16H2,1-2H3,(H2,28,30,33). The van der Waals surface area contributed by atoms with Crippen LogP contribution in [0.2, 0.25) is 0 Å². The summed E-state index contributed by atoms with van der Waals surface area (Å²) in [6.07, 6.45) is 5.16. The number of aryl methyl sites for hydroxylation is 1. The number of likely N-dealkylation sites (tertiary alicyclic amines) is 1. The number of fused-ring (bicyclic) bond motifs is 1. The number of aromatic nitrogens is 1. The first-order valence-electron chi connectivity index (χ1n) is 12.0. The maximum absolute atomic E-state index is 13.0. The lowest BCUT2D eigenvalue weighted by Crippen LogP contribution is -2.50. The van der Waals surface area contributed by atoms with E-state index in [2.05, 4.69) is 47.7 Å². The molecule has 1 unspecified atom stereocenters. The van der Waals surface area contributed by atoms with Crippen LogP contribution in [0.5, 0.6) is 0 Å². The van der Waals surface area contributed by atoms with Crippen molar-refractivity contribution in [2.45, 2.75) is 51.5 Å². The Bertz CT molecular complexity index is 1080. The molecule has 1 aliphatic rings. The fraction of sp³-hybridized carbons (Fsp3) is 0.407. The van der Waals surface area contributed by atoms with Gasteiger partial charge in [0, 0.05) is 42.8 Å². The minimum Gasteiger partial charge on any atom is -0.361 e. The molecule has 3 N–H and O–H groups in total. The highest BCUT2D eigenvalue weighted by Gasteiger charge is 2.28. The number of aromatic amines is 1. The number of rotatable bonds is 7. The van der Waals surface area contributed by atoms with E-state index in [1.807, 2.05) is 41.4 Å². The Kier molecular flexibility index (Phi) is 7.33. The minimum atomic E-state index is -0.133. The summed E-state index contributed by atoms with van der Waals surface area (Å²) < 4.78 is 0. The summed E-state index contributed by atoms with van der Waals surface area (Å²) in [7, 11) is 0. The molecule has 6 nitrogen and oxygen atoms in total. The van der Waals surface area contributed by atoms with Crippen LogP contribution < -0.4 is 10.6 Å². The van der Waals surface area contributed by atoms with Gasteiger partial charge in [-0.1, -0.05) is 49.4 Å². The summed E-state index contributed by atoms with van der Waals surface area (Å²) in [5.74, 6) is 0.105. The second-order valence-electron chi connectivity index (χ2n) is 8.98. The number of nitrogens with one attached hydrogen (secondary N) is 3. The zero-order valence-electron chi connectivity index (χ0n) is 19.6. The van der Waals surface area contributed by atoms with Gasteiger partial charge >= 0.3 is 6.03 Å². The quantitative estimate of drug-likeness (QED) is 0.500. The molecule has 3 amide bonds. The number of carbonyl (C=O) groups excluding carboxylic acids is 2. The first-order valence-corrected chi connectivity index (χ1v) is 12.0. The van der Waals surface area contributed by atoms with E-state index in [0.717, 1.165) is 36.8 Å². The summed E-state index contributed by atoms with van der Waals surface area (Å²) in [5.41, 5.74) is 4.65. The van der Waals surface area contributed by atoms with E-state index >= 15 is 0 Å². The van der Waals surface area contributed by atoms with Gasteiger partial charge in [-0.15, -0.1) is 0 Å². The number of urea groups is 1. The van der Waals surface area contributed by atoms with Crippen molar-refractivity contribution in [2.75, 3.05) is 19.6 Å². The van der Waals surface area contributed by atoms with Gasteiger partial charge in [-0.05, 0) is 55.4 Å². The molecule has 33 heavy (non-hydrogen) atoms. The fourth-order valence-electron chi connectivity index (χ4n) is 4.76. The molecule has 2 heterocycles. The van der Waals surface area contributed by atoms with E-state index in [1.54, 1.807) is 0 Å². The molecule has 174 valence electrons. The van der Waals surface area contributed by atoms with E-state index in [4.69, 9.17) is 0 Å². The predicted molar refractivity (Wildman–Crippen MR) is 132 cm³/mol. The maximum Gasteiger partial charge on any atom is 0.315 e. The molecule has 1 fully saturated rings. The minimum absolute atomic E-state index is 0.0903.